The average molecular weight is 383 g/mol. The van der Waals surface area contributed by atoms with Crippen molar-refractivity contribution in [3.05, 3.63) is 76.3 Å². The number of anilines is 3. The minimum atomic E-state index is -0.214. The molecule has 2 N–H and O–H groups in total. The van der Waals surface area contributed by atoms with Gasteiger partial charge in [-0.25, -0.2) is 0 Å². The van der Waals surface area contributed by atoms with Crippen molar-refractivity contribution in [1.82, 2.24) is 10.2 Å². The second-order valence-electron chi connectivity index (χ2n) is 5.21. The van der Waals surface area contributed by atoms with Gasteiger partial charge in [0.15, 0.2) is 11.6 Å². The first-order chi connectivity index (χ1) is 11.6. The lowest BCUT2D eigenvalue weighted by Crippen LogP contribution is -2.13. The Balaban J connectivity index is 1.68. The van der Waals surface area contributed by atoms with Gasteiger partial charge in [-0.15, -0.1) is 10.2 Å². The highest BCUT2D eigenvalue weighted by atomic mass is 79.9. The number of halogens is 1. The van der Waals surface area contributed by atoms with Crippen LogP contribution in [0, 0.1) is 6.92 Å². The van der Waals surface area contributed by atoms with Crippen LogP contribution in [-0.2, 0) is 0 Å². The Morgan fingerprint density at radius 2 is 1.67 bits per heavy atom. The predicted molar refractivity (Wildman–Crippen MR) is 98.6 cm³/mol. The normalized spacial score (nSPS) is 10.2. The van der Waals surface area contributed by atoms with Gasteiger partial charge in [-0.1, -0.05) is 34.1 Å². The lowest BCUT2D eigenvalue weighted by molar-refractivity contribution is 0.102. The van der Waals surface area contributed by atoms with E-state index in [1.165, 1.54) is 0 Å². The van der Waals surface area contributed by atoms with Gasteiger partial charge in [0.05, 0.1) is 0 Å². The van der Waals surface area contributed by atoms with Crippen molar-refractivity contribution in [2.75, 3.05) is 10.6 Å². The van der Waals surface area contributed by atoms with Crippen molar-refractivity contribution in [3.8, 4) is 0 Å². The van der Waals surface area contributed by atoms with E-state index in [0.717, 1.165) is 15.7 Å². The molecule has 1 amide bonds. The summed E-state index contributed by atoms with van der Waals surface area (Å²) in [7, 11) is 0. The molecular formula is C18H15BrN4O. The van der Waals surface area contributed by atoms with E-state index in [2.05, 4.69) is 36.8 Å². The zero-order chi connectivity index (χ0) is 16.9. The van der Waals surface area contributed by atoms with E-state index < -0.39 is 0 Å². The molecule has 1 heterocycles. The summed E-state index contributed by atoms with van der Waals surface area (Å²) >= 11 is 3.44. The van der Waals surface area contributed by atoms with Crippen molar-refractivity contribution in [2.24, 2.45) is 0 Å². The van der Waals surface area contributed by atoms with E-state index in [-0.39, 0.29) is 5.91 Å². The molecule has 0 saturated carbocycles. The number of nitrogens with zero attached hydrogens (tertiary/aromatic N) is 2. The molecule has 0 atom stereocenters. The van der Waals surface area contributed by atoms with Crippen LogP contribution in [0.1, 0.15) is 15.9 Å². The Kier molecular flexibility index (Phi) is 4.86. The van der Waals surface area contributed by atoms with Gasteiger partial charge < -0.3 is 10.6 Å². The van der Waals surface area contributed by atoms with Gasteiger partial charge in [0.2, 0.25) is 0 Å². The molecule has 0 saturated heterocycles. The second kappa shape index (κ2) is 7.23. The van der Waals surface area contributed by atoms with E-state index in [4.69, 9.17) is 0 Å². The smallest absolute Gasteiger partial charge is 0.256 e. The lowest BCUT2D eigenvalue weighted by Gasteiger charge is -2.09. The summed E-state index contributed by atoms with van der Waals surface area (Å²) < 4.78 is 1.02. The molecule has 2 aromatic carbocycles. The molecule has 0 spiro atoms. The molecular weight excluding hydrogens is 368 g/mol. The zero-order valence-corrected chi connectivity index (χ0v) is 14.5. The van der Waals surface area contributed by atoms with Gasteiger partial charge in [0, 0.05) is 15.7 Å². The summed E-state index contributed by atoms with van der Waals surface area (Å²) in [5, 5.41) is 14.1. The van der Waals surface area contributed by atoms with Crippen molar-refractivity contribution < 1.29 is 4.79 Å². The quantitative estimate of drug-likeness (QED) is 0.694. The van der Waals surface area contributed by atoms with Crippen LogP contribution in [0.3, 0.4) is 0 Å². The minimum Gasteiger partial charge on any atom is -0.339 e. The number of amides is 1. The third-order valence-electron chi connectivity index (χ3n) is 3.39. The number of rotatable bonds is 4. The largest absolute Gasteiger partial charge is 0.339 e. The summed E-state index contributed by atoms with van der Waals surface area (Å²) in [5.41, 5.74) is 2.62. The maximum atomic E-state index is 12.1. The molecule has 24 heavy (non-hydrogen) atoms. The molecule has 0 unspecified atom stereocenters. The summed E-state index contributed by atoms with van der Waals surface area (Å²) in [6.07, 6.45) is 0. The topological polar surface area (TPSA) is 66.9 Å². The third kappa shape index (κ3) is 3.97. The van der Waals surface area contributed by atoms with Gasteiger partial charge >= 0.3 is 0 Å². The number of aromatic nitrogens is 2. The first-order valence-electron chi connectivity index (χ1n) is 7.35. The Morgan fingerprint density at radius 1 is 0.958 bits per heavy atom. The van der Waals surface area contributed by atoms with Crippen LogP contribution in [0.4, 0.5) is 17.3 Å². The third-order valence-corrected chi connectivity index (χ3v) is 3.89. The highest BCUT2D eigenvalue weighted by Crippen LogP contribution is 2.23. The van der Waals surface area contributed by atoms with E-state index in [1.54, 1.807) is 24.3 Å². The molecule has 120 valence electrons. The molecule has 0 aliphatic carbocycles. The fourth-order valence-electron chi connectivity index (χ4n) is 2.15. The Bertz CT molecular complexity index is 851. The van der Waals surface area contributed by atoms with Crippen LogP contribution in [0.25, 0.3) is 0 Å². The number of carbonyl (C=O) groups excluding carboxylic acids is 1. The SMILES string of the molecule is Cc1cc(Br)ccc1Nc1ccc(NC(=O)c2ccccc2)nn1. The first-order valence-corrected chi connectivity index (χ1v) is 8.14. The average Bonchev–Trinajstić information content (AvgIpc) is 2.60. The van der Waals surface area contributed by atoms with Crippen LogP contribution in [-0.4, -0.2) is 16.1 Å². The van der Waals surface area contributed by atoms with Gasteiger partial charge in [-0.05, 0) is 55.0 Å². The van der Waals surface area contributed by atoms with Crippen molar-refractivity contribution in [1.29, 1.82) is 0 Å². The van der Waals surface area contributed by atoms with Crippen LogP contribution in [0.15, 0.2) is 65.1 Å². The molecule has 0 aliphatic rings. The van der Waals surface area contributed by atoms with E-state index in [9.17, 15) is 4.79 Å². The number of hydrogen-bond acceptors (Lipinski definition) is 4. The highest BCUT2D eigenvalue weighted by molar-refractivity contribution is 9.10. The maximum absolute atomic E-state index is 12.1. The predicted octanol–water partition coefficient (Wildman–Crippen LogP) is 4.54. The Hall–Kier alpha value is -2.73. The second-order valence-corrected chi connectivity index (χ2v) is 6.12. The fourth-order valence-corrected chi connectivity index (χ4v) is 2.62. The monoisotopic (exact) mass is 382 g/mol. The van der Waals surface area contributed by atoms with Gasteiger partial charge in [-0.2, -0.15) is 0 Å². The van der Waals surface area contributed by atoms with Crippen molar-refractivity contribution in [3.63, 3.8) is 0 Å². The zero-order valence-electron chi connectivity index (χ0n) is 13.0. The van der Waals surface area contributed by atoms with Gasteiger partial charge in [0.25, 0.3) is 5.91 Å². The van der Waals surface area contributed by atoms with Crippen LogP contribution in [0.5, 0.6) is 0 Å². The summed E-state index contributed by atoms with van der Waals surface area (Å²) in [4.78, 5) is 12.1. The first kappa shape index (κ1) is 16.1. The fraction of sp³-hybridized carbons (Fsp3) is 0.0556. The van der Waals surface area contributed by atoms with E-state index in [1.807, 2.05) is 43.3 Å². The number of benzene rings is 2. The Morgan fingerprint density at radius 3 is 2.33 bits per heavy atom. The summed E-state index contributed by atoms with van der Waals surface area (Å²) in [5.74, 6) is 0.800. The molecule has 0 aliphatic heterocycles. The number of aryl methyl sites for hydroxylation is 1. The van der Waals surface area contributed by atoms with Crippen molar-refractivity contribution >= 4 is 39.2 Å². The number of nitrogens with one attached hydrogen (secondary N) is 2. The summed E-state index contributed by atoms with van der Waals surface area (Å²) in [6, 6.07) is 18.4. The number of hydrogen-bond donors (Lipinski definition) is 2. The molecule has 0 bridgehead atoms. The van der Waals surface area contributed by atoms with Crippen LogP contribution >= 0.6 is 15.9 Å². The summed E-state index contributed by atoms with van der Waals surface area (Å²) in [6.45, 7) is 2.01. The number of carbonyl (C=O) groups is 1. The van der Waals surface area contributed by atoms with Crippen molar-refractivity contribution in [2.45, 2.75) is 6.92 Å². The van der Waals surface area contributed by atoms with Gasteiger partial charge in [-0.3, -0.25) is 4.79 Å². The molecule has 1 aromatic heterocycles. The molecule has 6 heteroatoms. The van der Waals surface area contributed by atoms with Crippen LogP contribution in [0.2, 0.25) is 0 Å². The lowest BCUT2D eigenvalue weighted by atomic mass is 10.2. The maximum Gasteiger partial charge on any atom is 0.256 e. The van der Waals surface area contributed by atoms with Crippen LogP contribution < -0.4 is 10.6 Å². The van der Waals surface area contributed by atoms with E-state index in [0.29, 0.717) is 17.2 Å². The standard InChI is InChI=1S/C18H15BrN4O/c1-12-11-14(19)7-8-15(12)20-16-9-10-17(23-22-16)21-18(24)13-5-3-2-4-6-13/h2-11H,1H3,(H,20,22)(H,21,23,24). The molecule has 0 radical (unpaired) electrons. The molecule has 3 aromatic rings. The minimum absolute atomic E-state index is 0.214. The highest BCUT2D eigenvalue weighted by Gasteiger charge is 2.07. The van der Waals surface area contributed by atoms with Gasteiger partial charge in [0.1, 0.15) is 0 Å². The van der Waals surface area contributed by atoms with E-state index >= 15 is 0 Å². The Labute approximate surface area is 148 Å². The molecule has 0 fully saturated rings. The molecule has 5 nitrogen and oxygen atoms in total. The molecule has 3 rings (SSSR count).